The first-order valence-corrected chi connectivity index (χ1v) is 8.31. The molecule has 1 amide bonds. The standard InChI is InChI=1S/C19H20N2O5/c1-13-5-6-16(10-20-13)26-12-14-3-2-4-15(9-14)18(22)21-7-8-25-17(11-21)19(23)24/h2-6,9-10,17H,7-8,11-12H2,1H3,(H,23,24)/t17-/m0/s1. The Labute approximate surface area is 151 Å². The summed E-state index contributed by atoms with van der Waals surface area (Å²) in [6.45, 7) is 2.85. The molecule has 1 aromatic carbocycles. The van der Waals surface area contributed by atoms with Crippen molar-refractivity contribution in [1.82, 2.24) is 9.88 Å². The Morgan fingerprint density at radius 3 is 2.92 bits per heavy atom. The van der Waals surface area contributed by atoms with E-state index in [1.807, 2.05) is 25.1 Å². The molecule has 0 spiro atoms. The second-order valence-electron chi connectivity index (χ2n) is 6.07. The number of hydrogen-bond donors (Lipinski definition) is 1. The number of amides is 1. The van der Waals surface area contributed by atoms with Crippen molar-refractivity contribution < 1.29 is 24.2 Å². The summed E-state index contributed by atoms with van der Waals surface area (Å²) in [5.74, 6) is -0.612. The summed E-state index contributed by atoms with van der Waals surface area (Å²) < 4.78 is 10.8. The molecule has 3 rings (SSSR count). The van der Waals surface area contributed by atoms with Crippen molar-refractivity contribution in [2.45, 2.75) is 19.6 Å². The number of carbonyl (C=O) groups excluding carboxylic acids is 1. The van der Waals surface area contributed by atoms with E-state index in [1.165, 1.54) is 4.90 Å². The average Bonchev–Trinajstić information content (AvgIpc) is 2.67. The van der Waals surface area contributed by atoms with E-state index in [1.54, 1.807) is 24.4 Å². The Morgan fingerprint density at radius 1 is 1.35 bits per heavy atom. The van der Waals surface area contributed by atoms with Gasteiger partial charge < -0.3 is 19.5 Å². The van der Waals surface area contributed by atoms with Crippen LogP contribution in [0.15, 0.2) is 42.6 Å². The quantitative estimate of drug-likeness (QED) is 0.880. The monoisotopic (exact) mass is 356 g/mol. The van der Waals surface area contributed by atoms with Crippen LogP contribution in [0.2, 0.25) is 0 Å². The van der Waals surface area contributed by atoms with Crippen molar-refractivity contribution in [2.75, 3.05) is 19.7 Å². The van der Waals surface area contributed by atoms with Gasteiger partial charge in [0, 0.05) is 17.8 Å². The molecule has 2 heterocycles. The second kappa shape index (κ2) is 7.97. The zero-order valence-corrected chi connectivity index (χ0v) is 14.4. The number of morpholine rings is 1. The molecular weight excluding hydrogens is 336 g/mol. The van der Waals surface area contributed by atoms with Gasteiger partial charge in [-0.15, -0.1) is 0 Å². The van der Waals surface area contributed by atoms with Gasteiger partial charge in [0.1, 0.15) is 12.4 Å². The van der Waals surface area contributed by atoms with Gasteiger partial charge in [0.05, 0.1) is 19.3 Å². The highest BCUT2D eigenvalue weighted by Gasteiger charge is 2.29. The summed E-state index contributed by atoms with van der Waals surface area (Å²) in [4.78, 5) is 29.4. The van der Waals surface area contributed by atoms with Crippen LogP contribution in [0.5, 0.6) is 5.75 Å². The van der Waals surface area contributed by atoms with Crippen LogP contribution in [-0.4, -0.2) is 52.7 Å². The lowest BCUT2D eigenvalue weighted by Gasteiger charge is -2.31. The minimum absolute atomic E-state index is 0.0456. The third-order valence-electron chi connectivity index (χ3n) is 4.09. The Kier molecular flexibility index (Phi) is 5.48. The lowest BCUT2D eigenvalue weighted by atomic mass is 10.1. The molecular formula is C19H20N2O5. The number of pyridine rings is 1. The molecule has 1 fully saturated rings. The molecule has 0 aliphatic carbocycles. The predicted octanol–water partition coefficient (Wildman–Crippen LogP) is 1.89. The number of aryl methyl sites for hydroxylation is 1. The van der Waals surface area contributed by atoms with Gasteiger partial charge in [0.2, 0.25) is 0 Å². The summed E-state index contributed by atoms with van der Waals surface area (Å²) in [5, 5.41) is 9.06. The van der Waals surface area contributed by atoms with Gasteiger partial charge in [-0.3, -0.25) is 9.78 Å². The van der Waals surface area contributed by atoms with E-state index in [2.05, 4.69) is 4.98 Å². The molecule has 26 heavy (non-hydrogen) atoms. The molecule has 7 heteroatoms. The number of rotatable bonds is 5. The highest BCUT2D eigenvalue weighted by atomic mass is 16.5. The van der Waals surface area contributed by atoms with E-state index in [9.17, 15) is 9.59 Å². The van der Waals surface area contributed by atoms with Crippen LogP contribution in [0.3, 0.4) is 0 Å². The molecule has 1 atom stereocenters. The van der Waals surface area contributed by atoms with Crippen molar-refractivity contribution in [1.29, 1.82) is 0 Å². The fourth-order valence-electron chi connectivity index (χ4n) is 2.67. The van der Waals surface area contributed by atoms with Gasteiger partial charge in [-0.05, 0) is 36.8 Å². The van der Waals surface area contributed by atoms with Crippen LogP contribution in [0.1, 0.15) is 21.6 Å². The molecule has 0 radical (unpaired) electrons. The number of carboxylic acids is 1. The summed E-state index contributed by atoms with van der Waals surface area (Å²) in [5.41, 5.74) is 2.26. The van der Waals surface area contributed by atoms with Crippen molar-refractivity contribution in [2.24, 2.45) is 0 Å². The van der Waals surface area contributed by atoms with Gasteiger partial charge in [-0.25, -0.2) is 4.79 Å². The van der Waals surface area contributed by atoms with E-state index in [4.69, 9.17) is 14.6 Å². The molecule has 136 valence electrons. The van der Waals surface area contributed by atoms with Gasteiger partial charge in [-0.2, -0.15) is 0 Å². The van der Waals surface area contributed by atoms with E-state index in [-0.39, 0.29) is 19.1 Å². The Bertz CT molecular complexity index is 791. The number of hydrogen-bond acceptors (Lipinski definition) is 5. The molecule has 1 N–H and O–H groups in total. The third kappa shape index (κ3) is 4.37. The number of aromatic nitrogens is 1. The number of nitrogens with zero attached hydrogens (tertiary/aromatic N) is 2. The molecule has 1 aliphatic heterocycles. The maximum Gasteiger partial charge on any atom is 0.334 e. The molecule has 0 unspecified atom stereocenters. The molecule has 7 nitrogen and oxygen atoms in total. The molecule has 2 aromatic rings. The normalized spacial score (nSPS) is 17.0. The minimum Gasteiger partial charge on any atom is -0.487 e. The van der Waals surface area contributed by atoms with Crippen LogP contribution in [0.4, 0.5) is 0 Å². The summed E-state index contributed by atoms with van der Waals surface area (Å²) in [6, 6.07) is 10.8. The Hall–Kier alpha value is -2.93. The molecule has 0 saturated carbocycles. The van der Waals surface area contributed by atoms with Crippen molar-refractivity contribution in [3.05, 3.63) is 59.4 Å². The lowest BCUT2D eigenvalue weighted by Crippen LogP contribution is -2.48. The van der Waals surface area contributed by atoms with E-state index in [0.717, 1.165) is 11.3 Å². The van der Waals surface area contributed by atoms with E-state index >= 15 is 0 Å². The van der Waals surface area contributed by atoms with Gasteiger partial charge in [-0.1, -0.05) is 12.1 Å². The third-order valence-corrected chi connectivity index (χ3v) is 4.09. The largest absolute Gasteiger partial charge is 0.487 e. The van der Waals surface area contributed by atoms with Crippen LogP contribution >= 0.6 is 0 Å². The summed E-state index contributed by atoms with van der Waals surface area (Å²) >= 11 is 0. The number of benzene rings is 1. The van der Waals surface area contributed by atoms with Crippen LogP contribution in [-0.2, 0) is 16.1 Å². The molecule has 1 saturated heterocycles. The van der Waals surface area contributed by atoms with Crippen molar-refractivity contribution in [3.8, 4) is 5.75 Å². The first kappa shape index (κ1) is 17.9. The maximum atomic E-state index is 12.7. The van der Waals surface area contributed by atoms with Gasteiger partial charge in [0.25, 0.3) is 5.91 Å². The second-order valence-corrected chi connectivity index (χ2v) is 6.07. The average molecular weight is 356 g/mol. The molecule has 0 bridgehead atoms. The SMILES string of the molecule is Cc1ccc(OCc2cccc(C(=O)N3CCO[C@H](C(=O)O)C3)c2)cn1. The van der Waals surface area contributed by atoms with Gasteiger partial charge in [0.15, 0.2) is 6.10 Å². The molecule has 1 aromatic heterocycles. The molecule has 1 aliphatic rings. The number of carbonyl (C=O) groups is 2. The van der Waals surface area contributed by atoms with Crippen molar-refractivity contribution in [3.63, 3.8) is 0 Å². The van der Waals surface area contributed by atoms with Crippen molar-refractivity contribution >= 4 is 11.9 Å². The number of ether oxygens (including phenoxy) is 2. The van der Waals surface area contributed by atoms with E-state index in [0.29, 0.717) is 24.5 Å². The van der Waals surface area contributed by atoms with E-state index < -0.39 is 12.1 Å². The maximum absolute atomic E-state index is 12.7. The highest BCUT2D eigenvalue weighted by Crippen LogP contribution is 2.15. The van der Waals surface area contributed by atoms with Crippen LogP contribution in [0.25, 0.3) is 0 Å². The number of aliphatic carboxylic acids is 1. The summed E-state index contributed by atoms with van der Waals surface area (Å²) in [6.07, 6.45) is 0.678. The fourth-order valence-corrected chi connectivity index (χ4v) is 2.67. The zero-order chi connectivity index (χ0) is 18.5. The predicted molar refractivity (Wildman–Crippen MR) is 93.0 cm³/mol. The number of carboxylic acid groups (broad SMARTS) is 1. The fraction of sp³-hybridized carbons (Fsp3) is 0.316. The van der Waals surface area contributed by atoms with Crippen LogP contribution in [0, 0.1) is 6.92 Å². The highest BCUT2D eigenvalue weighted by molar-refractivity contribution is 5.94. The van der Waals surface area contributed by atoms with Crippen LogP contribution < -0.4 is 4.74 Å². The first-order chi connectivity index (χ1) is 12.5. The summed E-state index contributed by atoms with van der Waals surface area (Å²) in [7, 11) is 0. The zero-order valence-electron chi connectivity index (χ0n) is 14.4. The smallest absolute Gasteiger partial charge is 0.334 e. The first-order valence-electron chi connectivity index (χ1n) is 8.31. The lowest BCUT2D eigenvalue weighted by molar-refractivity contribution is -0.154. The topological polar surface area (TPSA) is 89.0 Å². The Morgan fingerprint density at radius 2 is 2.19 bits per heavy atom. The Balaban J connectivity index is 1.65. The van der Waals surface area contributed by atoms with Gasteiger partial charge >= 0.3 is 5.97 Å². The minimum atomic E-state index is -1.06.